The van der Waals surface area contributed by atoms with Crippen LogP contribution < -0.4 is 16.2 Å². The first-order valence-corrected chi connectivity index (χ1v) is 13.7. The number of nitrogens with zero attached hydrogens (tertiary/aromatic N) is 4. The van der Waals surface area contributed by atoms with Crippen LogP contribution in [0.3, 0.4) is 0 Å². The van der Waals surface area contributed by atoms with E-state index in [2.05, 4.69) is 50.5 Å². The van der Waals surface area contributed by atoms with Gasteiger partial charge in [-0.2, -0.15) is 0 Å². The van der Waals surface area contributed by atoms with E-state index in [0.29, 0.717) is 29.2 Å². The maximum Gasteiger partial charge on any atom is 0.264 e. The van der Waals surface area contributed by atoms with E-state index in [4.69, 9.17) is 4.74 Å². The molecule has 3 fully saturated rings. The predicted molar refractivity (Wildman–Crippen MR) is 147 cm³/mol. The van der Waals surface area contributed by atoms with Crippen LogP contribution in [-0.2, 0) is 27.4 Å². The van der Waals surface area contributed by atoms with Gasteiger partial charge in [-0.25, -0.2) is 4.98 Å². The lowest BCUT2D eigenvalue weighted by Gasteiger charge is -2.46. The number of fused-ring (bicyclic) bond motifs is 1. The zero-order valence-corrected chi connectivity index (χ0v) is 22.2. The largest absolute Gasteiger partial charge is 0.380 e. The number of carbonyl (C=O) groups is 2. The SMILES string of the molecule is Cc1cc(CNc2cccc3ncn(C4CCC(=O)NC4=O)c(=O)c23)ccc1CN1CC(N2CCOCC2)C1. The zero-order chi connectivity index (χ0) is 26.9. The molecular formula is C29H34N6O4. The van der Waals surface area contributed by atoms with Crippen molar-refractivity contribution in [1.29, 1.82) is 0 Å². The summed E-state index contributed by atoms with van der Waals surface area (Å²) in [7, 11) is 0. The molecule has 0 spiro atoms. The smallest absolute Gasteiger partial charge is 0.264 e. The van der Waals surface area contributed by atoms with Crippen LogP contribution in [0.2, 0.25) is 0 Å². The number of carbonyl (C=O) groups excluding carboxylic acids is 2. The van der Waals surface area contributed by atoms with Gasteiger partial charge in [0, 0.05) is 57.4 Å². The predicted octanol–water partition coefficient (Wildman–Crippen LogP) is 1.81. The second-order valence-corrected chi connectivity index (χ2v) is 10.7. The number of aryl methyl sites for hydroxylation is 1. The molecule has 4 heterocycles. The van der Waals surface area contributed by atoms with Crippen LogP contribution in [0, 0.1) is 6.92 Å². The Morgan fingerprint density at radius 1 is 1.10 bits per heavy atom. The van der Waals surface area contributed by atoms with E-state index in [1.165, 1.54) is 22.0 Å². The molecule has 1 atom stereocenters. The van der Waals surface area contributed by atoms with Crippen molar-refractivity contribution in [3.05, 3.63) is 69.8 Å². The molecule has 3 aliphatic heterocycles. The Hall–Kier alpha value is -3.60. The summed E-state index contributed by atoms with van der Waals surface area (Å²) >= 11 is 0. The summed E-state index contributed by atoms with van der Waals surface area (Å²) in [6.07, 6.45) is 1.88. The van der Waals surface area contributed by atoms with Gasteiger partial charge in [0.1, 0.15) is 6.04 Å². The molecule has 2 N–H and O–H groups in total. The van der Waals surface area contributed by atoms with Crippen LogP contribution in [-0.4, -0.2) is 76.6 Å². The highest BCUT2D eigenvalue weighted by Gasteiger charge is 2.32. The van der Waals surface area contributed by atoms with Crippen molar-refractivity contribution in [2.75, 3.05) is 44.7 Å². The molecule has 0 aliphatic carbocycles. The quantitative estimate of drug-likeness (QED) is 0.446. The Labute approximate surface area is 226 Å². The fourth-order valence-electron chi connectivity index (χ4n) is 5.82. The van der Waals surface area contributed by atoms with E-state index in [0.717, 1.165) is 51.5 Å². The van der Waals surface area contributed by atoms with E-state index in [9.17, 15) is 14.4 Å². The minimum absolute atomic E-state index is 0.197. The number of amides is 2. The highest BCUT2D eigenvalue weighted by atomic mass is 16.5. The Kier molecular flexibility index (Phi) is 7.16. The summed E-state index contributed by atoms with van der Waals surface area (Å²) in [5.41, 5.74) is 4.64. The van der Waals surface area contributed by atoms with Gasteiger partial charge < -0.3 is 10.1 Å². The molecule has 39 heavy (non-hydrogen) atoms. The third kappa shape index (κ3) is 5.32. The summed E-state index contributed by atoms with van der Waals surface area (Å²) in [5.74, 6) is -0.783. The first-order chi connectivity index (χ1) is 19.0. The summed E-state index contributed by atoms with van der Waals surface area (Å²) in [4.78, 5) is 46.9. The number of aromatic nitrogens is 2. The average Bonchev–Trinajstić information content (AvgIpc) is 2.91. The Balaban J connectivity index is 1.12. The molecular weight excluding hydrogens is 496 g/mol. The first kappa shape index (κ1) is 25.7. The lowest BCUT2D eigenvalue weighted by atomic mass is 10.0. The standard InChI is InChI=1S/C29H34N6O4/c1-19-13-20(5-6-21(19)15-33-16-22(17-33)34-9-11-39-12-10-34)14-30-23-3-2-4-24-27(23)29(38)35(18-31-24)25-7-8-26(36)32-28(25)37/h2-6,13,18,22,25,30H,7-12,14-17H2,1H3,(H,32,36,37). The molecule has 10 nitrogen and oxygen atoms in total. The number of imide groups is 1. The second-order valence-electron chi connectivity index (χ2n) is 10.7. The number of rotatable bonds is 7. The maximum absolute atomic E-state index is 13.5. The number of benzene rings is 2. The molecule has 1 unspecified atom stereocenters. The lowest BCUT2D eigenvalue weighted by molar-refractivity contribution is -0.135. The third-order valence-electron chi connectivity index (χ3n) is 8.14. The number of hydrogen-bond donors (Lipinski definition) is 2. The lowest BCUT2D eigenvalue weighted by Crippen LogP contribution is -2.60. The normalized spacial score (nSPS) is 21.1. The number of likely N-dealkylation sites (tertiary alicyclic amines) is 1. The van der Waals surface area contributed by atoms with Crippen molar-refractivity contribution in [3.8, 4) is 0 Å². The second kappa shape index (κ2) is 10.9. The Morgan fingerprint density at radius 3 is 2.69 bits per heavy atom. The first-order valence-electron chi connectivity index (χ1n) is 13.7. The number of piperidine rings is 1. The van der Waals surface area contributed by atoms with Crippen molar-refractivity contribution in [1.82, 2.24) is 24.7 Å². The zero-order valence-electron chi connectivity index (χ0n) is 22.2. The summed E-state index contributed by atoms with van der Waals surface area (Å²) < 4.78 is 6.82. The number of nitrogens with one attached hydrogen (secondary N) is 2. The highest BCUT2D eigenvalue weighted by Crippen LogP contribution is 2.24. The third-order valence-corrected chi connectivity index (χ3v) is 8.14. The summed E-state index contributed by atoms with van der Waals surface area (Å²) in [6, 6.07) is 11.9. The van der Waals surface area contributed by atoms with Crippen molar-refractivity contribution in [2.24, 2.45) is 0 Å². The average molecular weight is 531 g/mol. The summed E-state index contributed by atoms with van der Waals surface area (Å²) in [5, 5.41) is 6.17. The molecule has 0 radical (unpaired) electrons. The minimum atomic E-state index is -0.745. The van der Waals surface area contributed by atoms with Gasteiger partial charge in [-0.3, -0.25) is 34.1 Å². The van der Waals surface area contributed by atoms with E-state index in [-0.39, 0.29) is 24.3 Å². The van der Waals surface area contributed by atoms with Gasteiger partial charge in [-0.15, -0.1) is 0 Å². The monoisotopic (exact) mass is 530 g/mol. The van der Waals surface area contributed by atoms with Crippen LogP contribution in [0.5, 0.6) is 0 Å². The molecule has 1 aromatic heterocycles. The molecule has 0 saturated carbocycles. The van der Waals surface area contributed by atoms with E-state index < -0.39 is 11.9 Å². The van der Waals surface area contributed by atoms with Crippen LogP contribution in [0.15, 0.2) is 47.5 Å². The fraction of sp³-hybridized carbons (Fsp3) is 0.448. The molecule has 10 heteroatoms. The van der Waals surface area contributed by atoms with E-state index in [1.807, 2.05) is 12.1 Å². The van der Waals surface area contributed by atoms with Gasteiger partial charge in [0.2, 0.25) is 11.8 Å². The van der Waals surface area contributed by atoms with E-state index in [1.54, 1.807) is 6.07 Å². The highest BCUT2D eigenvalue weighted by molar-refractivity contribution is 5.99. The Morgan fingerprint density at radius 2 is 1.92 bits per heavy atom. The molecule has 2 aromatic carbocycles. The van der Waals surface area contributed by atoms with Crippen LogP contribution in [0.1, 0.15) is 35.6 Å². The molecule has 3 aliphatic rings. The van der Waals surface area contributed by atoms with E-state index >= 15 is 0 Å². The van der Waals surface area contributed by atoms with Crippen molar-refractivity contribution in [3.63, 3.8) is 0 Å². The number of hydrogen-bond acceptors (Lipinski definition) is 8. The van der Waals surface area contributed by atoms with Gasteiger partial charge in [0.25, 0.3) is 5.56 Å². The van der Waals surface area contributed by atoms with Crippen LogP contribution in [0.25, 0.3) is 10.9 Å². The van der Waals surface area contributed by atoms with Crippen LogP contribution in [0.4, 0.5) is 5.69 Å². The van der Waals surface area contributed by atoms with Gasteiger partial charge in [-0.1, -0.05) is 24.3 Å². The maximum atomic E-state index is 13.5. The van der Waals surface area contributed by atoms with Crippen molar-refractivity contribution >= 4 is 28.4 Å². The molecule has 3 saturated heterocycles. The van der Waals surface area contributed by atoms with Crippen LogP contribution >= 0.6 is 0 Å². The molecule has 0 bridgehead atoms. The molecule has 2 amide bonds. The number of morpholine rings is 1. The van der Waals surface area contributed by atoms with Gasteiger partial charge in [0.05, 0.1) is 30.4 Å². The fourth-order valence-corrected chi connectivity index (χ4v) is 5.82. The van der Waals surface area contributed by atoms with Gasteiger partial charge in [-0.05, 0) is 42.2 Å². The summed E-state index contributed by atoms with van der Waals surface area (Å²) in [6.45, 7) is 9.63. The van der Waals surface area contributed by atoms with Crippen molar-refractivity contribution < 1.29 is 14.3 Å². The van der Waals surface area contributed by atoms with Gasteiger partial charge in [0.15, 0.2) is 0 Å². The van der Waals surface area contributed by atoms with Gasteiger partial charge >= 0.3 is 0 Å². The van der Waals surface area contributed by atoms with Crippen molar-refractivity contribution in [2.45, 2.75) is 44.9 Å². The minimum Gasteiger partial charge on any atom is -0.380 e. The topological polar surface area (TPSA) is 109 Å². The molecule has 3 aromatic rings. The number of anilines is 1. The number of ether oxygens (including phenoxy) is 1. The molecule has 6 rings (SSSR count). The Bertz CT molecular complexity index is 1460. The molecule has 204 valence electrons.